The zero-order valence-corrected chi connectivity index (χ0v) is 12.5. The van der Waals surface area contributed by atoms with Crippen LogP contribution in [0.25, 0.3) is 0 Å². The first-order valence-corrected chi connectivity index (χ1v) is 8.11. The zero-order valence-electron chi connectivity index (χ0n) is 12.5. The fraction of sp³-hybridized carbons (Fsp3) is 0.588. The predicted octanol–water partition coefficient (Wildman–Crippen LogP) is 1.74. The average molecular weight is 285 g/mol. The third kappa shape index (κ3) is 2.36. The minimum atomic E-state index is -0.170. The smallest absolute Gasteiger partial charge is 0.245 e. The predicted molar refractivity (Wildman–Crippen MR) is 81.6 cm³/mol. The fourth-order valence-corrected chi connectivity index (χ4v) is 3.88. The van der Waals surface area contributed by atoms with Gasteiger partial charge in [-0.3, -0.25) is 15.0 Å². The van der Waals surface area contributed by atoms with Gasteiger partial charge in [-0.2, -0.15) is 0 Å². The van der Waals surface area contributed by atoms with Gasteiger partial charge < -0.3 is 4.90 Å². The number of amides is 1. The molecule has 1 aromatic carbocycles. The summed E-state index contributed by atoms with van der Waals surface area (Å²) in [6, 6.07) is 11.1. The summed E-state index contributed by atoms with van der Waals surface area (Å²) in [7, 11) is 0. The van der Waals surface area contributed by atoms with Gasteiger partial charge in [-0.15, -0.1) is 0 Å². The third-order valence-electron chi connectivity index (χ3n) is 5.11. The van der Waals surface area contributed by atoms with Crippen LogP contribution in [-0.4, -0.2) is 47.0 Å². The molecule has 1 saturated carbocycles. The number of carbonyl (C=O) groups excluding carboxylic acids is 1. The summed E-state index contributed by atoms with van der Waals surface area (Å²) in [6.45, 7) is 4.33. The molecule has 3 aliphatic rings. The highest BCUT2D eigenvalue weighted by molar-refractivity contribution is 5.86. The second-order valence-electron chi connectivity index (χ2n) is 6.60. The lowest BCUT2D eigenvalue weighted by atomic mass is 10.1. The normalized spacial score (nSPS) is 33.9. The van der Waals surface area contributed by atoms with Crippen molar-refractivity contribution in [3.8, 4) is 0 Å². The van der Waals surface area contributed by atoms with Crippen LogP contribution in [0, 0.1) is 0 Å². The van der Waals surface area contributed by atoms with Crippen molar-refractivity contribution in [2.75, 3.05) is 13.1 Å². The lowest BCUT2D eigenvalue weighted by Crippen LogP contribution is -2.44. The Hall–Kier alpha value is -1.39. The number of likely N-dealkylation sites (tertiary alicyclic amines) is 1. The number of carbonyl (C=O) groups is 1. The Balaban J connectivity index is 1.50. The first kappa shape index (κ1) is 13.3. The molecule has 3 unspecified atom stereocenters. The van der Waals surface area contributed by atoms with Gasteiger partial charge in [0.1, 0.15) is 6.04 Å². The Bertz CT molecular complexity index is 528. The number of rotatable bonds is 3. The molecule has 3 fully saturated rings. The largest absolute Gasteiger partial charge is 0.321 e. The van der Waals surface area contributed by atoms with E-state index in [4.69, 9.17) is 0 Å². The molecule has 4 rings (SSSR count). The number of hydrogen-bond donors (Lipinski definition) is 1. The quantitative estimate of drug-likeness (QED) is 0.919. The van der Waals surface area contributed by atoms with Gasteiger partial charge in [0, 0.05) is 25.2 Å². The topological polar surface area (TPSA) is 35.6 Å². The molecule has 1 amide bonds. The molecule has 1 N–H and O–H groups in total. The van der Waals surface area contributed by atoms with Crippen LogP contribution in [0.4, 0.5) is 0 Å². The molecule has 21 heavy (non-hydrogen) atoms. The van der Waals surface area contributed by atoms with E-state index in [9.17, 15) is 4.79 Å². The summed E-state index contributed by atoms with van der Waals surface area (Å²) in [6.07, 6.45) is 3.95. The zero-order chi connectivity index (χ0) is 14.4. The van der Waals surface area contributed by atoms with Crippen molar-refractivity contribution in [1.82, 2.24) is 15.1 Å². The molecular weight excluding hydrogens is 262 g/mol. The van der Waals surface area contributed by atoms with E-state index in [1.807, 2.05) is 30.3 Å². The van der Waals surface area contributed by atoms with E-state index in [-0.39, 0.29) is 18.1 Å². The minimum absolute atomic E-state index is 0.131. The van der Waals surface area contributed by atoms with Crippen LogP contribution in [0.3, 0.4) is 0 Å². The standard InChI is InChI=1S/C17H23N3O/c1-12-18-16(13-5-3-2-4-6-13)17(21)20(12)15-9-10-19(11-15)14-7-8-14/h2-6,12,14-16,18H,7-11H2,1H3. The molecule has 0 aromatic heterocycles. The van der Waals surface area contributed by atoms with Crippen molar-refractivity contribution in [3.05, 3.63) is 35.9 Å². The van der Waals surface area contributed by atoms with Gasteiger partial charge in [0.05, 0.1) is 6.17 Å². The highest BCUT2D eigenvalue weighted by Gasteiger charge is 2.44. The molecular formula is C17H23N3O. The van der Waals surface area contributed by atoms with Gasteiger partial charge in [-0.05, 0) is 31.7 Å². The van der Waals surface area contributed by atoms with E-state index in [1.165, 1.54) is 12.8 Å². The highest BCUT2D eigenvalue weighted by atomic mass is 16.2. The van der Waals surface area contributed by atoms with Gasteiger partial charge in [0.15, 0.2) is 0 Å². The van der Waals surface area contributed by atoms with Gasteiger partial charge in [-0.1, -0.05) is 30.3 Å². The summed E-state index contributed by atoms with van der Waals surface area (Å²) >= 11 is 0. The molecule has 2 aliphatic heterocycles. The van der Waals surface area contributed by atoms with Crippen LogP contribution >= 0.6 is 0 Å². The molecule has 4 heteroatoms. The van der Waals surface area contributed by atoms with Crippen LogP contribution in [-0.2, 0) is 4.79 Å². The first-order valence-electron chi connectivity index (χ1n) is 8.11. The number of nitrogens with zero attached hydrogens (tertiary/aromatic N) is 2. The van der Waals surface area contributed by atoms with Gasteiger partial charge in [-0.25, -0.2) is 0 Å². The maximum absolute atomic E-state index is 12.8. The van der Waals surface area contributed by atoms with E-state index < -0.39 is 0 Å². The Morgan fingerprint density at radius 3 is 2.57 bits per heavy atom. The lowest BCUT2D eigenvalue weighted by Gasteiger charge is -2.28. The van der Waals surface area contributed by atoms with Crippen molar-refractivity contribution in [2.45, 2.75) is 50.5 Å². The molecule has 0 spiro atoms. The summed E-state index contributed by atoms with van der Waals surface area (Å²) in [5.41, 5.74) is 1.08. The molecule has 0 radical (unpaired) electrons. The number of benzene rings is 1. The van der Waals surface area contributed by atoms with Gasteiger partial charge in [0.25, 0.3) is 0 Å². The molecule has 2 saturated heterocycles. The van der Waals surface area contributed by atoms with Crippen molar-refractivity contribution < 1.29 is 4.79 Å². The summed E-state index contributed by atoms with van der Waals surface area (Å²) in [4.78, 5) is 17.5. The molecule has 4 nitrogen and oxygen atoms in total. The van der Waals surface area contributed by atoms with E-state index in [1.54, 1.807) is 0 Å². The summed E-state index contributed by atoms with van der Waals surface area (Å²) in [5, 5.41) is 3.46. The highest BCUT2D eigenvalue weighted by Crippen LogP contribution is 2.34. The number of nitrogens with one attached hydrogen (secondary N) is 1. The van der Waals surface area contributed by atoms with Crippen LogP contribution in [0.2, 0.25) is 0 Å². The van der Waals surface area contributed by atoms with Crippen molar-refractivity contribution in [1.29, 1.82) is 0 Å². The second-order valence-corrected chi connectivity index (χ2v) is 6.60. The first-order chi connectivity index (χ1) is 10.2. The van der Waals surface area contributed by atoms with E-state index >= 15 is 0 Å². The van der Waals surface area contributed by atoms with Crippen LogP contribution in [0.15, 0.2) is 30.3 Å². The monoisotopic (exact) mass is 285 g/mol. The van der Waals surface area contributed by atoms with E-state index in [0.29, 0.717) is 6.04 Å². The Morgan fingerprint density at radius 1 is 1.10 bits per heavy atom. The molecule has 112 valence electrons. The van der Waals surface area contributed by atoms with Gasteiger partial charge >= 0.3 is 0 Å². The molecule has 3 atom stereocenters. The SMILES string of the molecule is CC1NC(c2ccccc2)C(=O)N1C1CCN(C2CC2)C1. The molecule has 0 bridgehead atoms. The minimum Gasteiger partial charge on any atom is -0.321 e. The van der Waals surface area contributed by atoms with Gasteiger partial charge in [0.2, 0.25) is 5.91 Å². The Morgan fingerprint density at radius 2 is 1.86 bits per heavy atom. The van der Waals surface area contributed by atoms with E-state index in [0.717, 1.165) is 31.1 Å². The number of hydrogen-bond acceptors (Lipinski definition) is 3. The fourth-order valence-electron chi connectivity index (χ4n) is 3.88. The molecule has 1 aliphatic carbocycles. The summed E-state index contributed by atoms with van der Waals surface area (Å²) in [5.74, 6) is 0.247. The average Bonchev–Trinajstić information content (AvgIpc) is 3.17. The van der Waals surface area contributed by atoms with Crippen molar-refractivity contribution in [3.63, 3.8) is 0 Å². The maximum Gasteiger partial charge on any atom is 0.245 e. The second kappa shape index (κ2) is 5.11. The van der Waals surface area contributed by atoms with Crippen molar-refractivity contribution in [2.24, 2.45) is 0 Å². The van der Waals surface area contributed by atoms with Crippen LogP contribution < -0.4 is 5.32 Å². The van der Waals surface area contributed by atoms with E-state index in [2.05, 4.69) is 22.0 Å². The molecule has 1 aromatic rings. The van der Waals surface area contributed by atoms with Crippen molar-refractivity contribution >= 4 is 5.91 Å². The van der Waals surface area contributed by atoms with Crippen LogP contribution in [0.5, 0.6) is 0 Å². The molecule has 2 heterocycles. The Labute approximate surface area is 126 Å². The lowest BCUT2D eigenvalue weighted by molar-refractivity contribution is -0.131. The van der Waals surface area contributed by atoms with Crippen LogP contribution in [0.1, 0.15) is 37.8 Å². The maximum atomic E-state index is 12.8. The summed E-state index contributed by atoms with van der Waals surface area (Å²) < 4.78 is 0. The third-order valence-corrected chi connectivity index (χ3v) is 5.11. The Kier molecular flexibility index (Phi) is 3.23.